The van der Waals surface area contributed by atoms with Gasteiger partial charge in [0.2, 0.25) is 0 Å². The average molecular weight is 196 g/mol. The van der Waals surface area contributed by atoms with E-state index in [2.05, 4.69) is 0 Å². The SMILES string of the molecule is COc1cccc(OC)c1C(N)CN. The van der Waals surface area contributed by atoms with Gasteiger partial charge < -0.3 is 20.9 Å². The van der Waals surface area contributed by atoms with E-state index in [1.807, 2.05) is 18.2 Å². The van der Waals surface area contributed by atoms with E-state index in [1.165, 1.54) is 0 Å². The van der Waals surface area contributed by atoms with E-state index in [4.69, 9.17) is 20.9 Å². The van der Waals surface area contributed by atoms with Crippen molar-refractivity contribution in [2.24, 2.45) is 11.5 Å². The highest BCUT2D eigenvalue weighted by Gasteiger charge is 2.15. The van der Waals surface area contributed by atoms with Crippen LogP contribution in [0.1, 0.15) is 11.6 Å². The Hall–Kier alpha value is -1.26. The lowest BCUT2D eigenvalue weighted by Gasteiger charge is -2.17. The Morgan fingerprint density at radius 1 is 1.21 bits per heavy atom. The van der Waals surface area contributed by atoms with E-state index in [-0.39, 0.29) is 6.04 Å². The molecule has 0 saturated heterocycles. The maximum absolute atomic E-state index is 5.86. The van der Waals surface area contributed by atoms with Gasteiger partial charge in [-0.15, -0.1) is 0 Å². The van der Waals surface area contributed by atoms with Gasteiger partial charge in [-0.2, -0.15) is 0 Å². The molecule has 78 valence electrons. The molecule has 4 nitrogen and oxygen atoms in total. The summed E-state index contributed by atoms with van der Waals surface area (Å²) >= 11 is 0. The third kappa shape index (κ3) is 1.97. The molecule has 4 heteroatoms. The second-order valence-electron chi connectivity index (χ2n) is 2.92. The second-order valence-corrected chi connectivity index (χ2v) is 2.92. The van der Waals surface area contributed by atoms with Gasteiger partial charge in [0.1, 0.15) is 11.5 Å². The third-order valence-corrected chi connectivity index (χ3v) is 2.09. The predicted octanol–water partition coefficient (Wildman–Crippen LogP) is 0.662. The first kappa shape index (κ1) is 10.8. The zero-order chi connectivity index (χ0) is 10.6. The van der Waals surface area contributed by atoms with Gasteiger partial charge in [0.15, 0.2) is 0 Å². The summed E-state index contributed by atoms with van der Waals surface area (Å²) in [5.41, 5.74) is 12.2. The zero-order valence-corrected chi connectivity index (χ0v) is 8.49. The minimum atomic E-state index is -0.263. The lowest BCUT2D eigenvalue weighted by Crippen LogP contribution is -2.22. The topological polar surface area (TPSA) is 70.5 Å². The molecule has 0 bridgehead atoms. The number of hydrogen-bond donors (Lipinski definition) is 2. The monoisotopic (exact) mass is 196 g/mol. The quantitative estimate of drug-likeness (QED) is 0.742. The Morgan fingerprint density at radius 2 is 1.71 bits per heavy atom. The van der Waals surface area contributed by atoms with Crippen LogP contribution in [-0.2, 0) is 0 Å². The van der Waals surface area contributed by atoms with E-state index < -0.39 is 0 Å². The third-order valence-electron chi connectivity index (χ3n) is 2.09. The molecule has 0 aliphatic rings. The van der Waals surface area contributed by atoms with Crippen molar-refractivity contribution in [3.05, 3.63) is 23.8 Å². The molecule has 1 rings (SSSR count). The molecule has 0 heterocycles. The molecule has 0 spiro atoms. The molecular weight excluding hydrogens is 180 g/mol. The van der Waals surface area contributed by atoms with Crippen molar-refractivity contribution in [1.29, 1.82) is 0 Å². The van der Waals surface area contributed by atoms with Crippen LogP contribution in [0.25, 0.3) is 0 Å². The highest BCUT2D eigenvalue weighted by molar-refractivity contribution is 5.46. The molecule has 0 amide bonds. The first-order valence-corrected chi connectivity index (χ1v) is 4.41. The molecule has 0 aromatic heterocycles. The zero-order valence-electron chi connectivity index (χ0n) is 8.49. The molecule has 1 aromatic carbocycles. The van der Waals surface area contributed by atoms with Crippen LogP contribution in [0.5, 0.6) is 11.5 Å². The van der Waals surface area contributed by atoms with Crippen LogP contribution in [0.4, 0.5) is 0 Å². The Morgan fingerprint density at radius 3 is 2.07 bits per heavy atom. The molecule has 0 aliphatic carbocycles. The number of ether oxygens (including phenoxy) is 2. The number of hydrogen-bond acceptors (Lipinski definition) is 4. The summed E-state index contributed by atoms with van der Waals surface area (Å²) < 4.78 is 10.4. The van der Waals surface area contributed by atoms with Crippen LogP contribution < -0.4 is 20.9 Å². The molecule has 0 aliphatic heterocycles. The van der Waals surface area contributed by atoms with Crippen LogP contribution in [-0.4, -0.2) is 20.8 Å². The smallest absolute Gasteiger partial charge is 0.127 e. The summed E-state index contributed by atoms with van der Waals surface area (Å²) in [7, 11) is 3.20. The standard InChI is InChI=1S/C10H16N2O2/c1-13-8-4-3-5-9(14-2)10(8)7(12)6-11/h3-5,7H,6,11-12H2,1-2H3. The van der Waals surface area contributed by atoms with Gasteiger partial charge in [-0.05, 0) is 12.1 Å². The van der Waals surface area contributed by atoms with Crippen molar-refractivity contribution in [2.75, 3.05) is 20.8 Å². The predicted molar refractivity (Wildman–Crippen MR) is 55.5 cm³/mol. The second kappa shape index (κ2) is 4.83. The van der Waals surface area contributed by atoms with Gasteiger partial charge in [0, 0.05) is 12.6 Å². The molecule has 1 atom stereocenters. The van der Waals surface area contributed by atoms with Crippen molar-refractivity contribution < 1.29 is 9.47 Å². The van der Waals surface area contributed by atoms with E-state index >= 15 is 0 Å². The average Bonchev–Trinajstić information content (AvgIpc) is 2.26. The van der Waals surface area contributed by atoms with Crippen LogP contribution in [0.2, 0.25) is 0 Å². The van der Waals surface area contributed by atoms with Gasteiger partial charge in [-0.3, -0.25) is 0 Å². The first-order valence-electron chi connectivity index (χ1n) is 4.41. The van der Waals surface area contributed by atoms with Crippen molar-refractivity contribution in [2.45, 2.75) is 6.04 Å². The van der Waals surface area contributed by atoms with Gasteiger partial charge >= 0.3 is 0 Å². The number of methoxy groups -OCH3 is 2. The van der Waals surface area contributed by atoms with Crippen LogP contribution in [0.15, 0.2) is 18.2 Å². The summed E-state index contributed by atoms with van der Waals surface area (Å²) in [6.45, 7) is 0.358. The van der Waals surface area contributed by atoms with E-state index in [1.54, 1.807) is 14.2 Å². The molecule has 0 fully saturated rings. The Kier molecular flexibility index (Phi) is 3.73. The number of rotatable bonds is 4. The fourth-order valence-corrected chi connectivity index (χ4v) is 1.36. The molecule has 1 aromatic rings. The first-order chi connectivity index (χ1) is 6.74. The lowest BCUT2D eigenvalue weighted by atomic mass is 10.1. The molecule has 0 radical (unpaired) electrons. The summed E-state index contributed by atoms with van der Waals surface area (Å²) in [5, 5.41) is 0. The van der Waals surface area contributed by atoms with Gasteiger partial charge in [-0.1, -0.05) is 6.07 Å². The number of nitrogens with two attached hydrogens (primary N) is 2. The summed E-state index contributed by atoms with van der Waals surface area (Å²) in [4.78, 5) is 0. The summed E-state index contributed by atoms with van der Waals surface area (Å²) in [6, 6.07) is 5.27. The summed E-state index contributed by atoms with van der Waals surface area (Å²) in [6.07, 6.45) is 0. The lowest BCUT2D eigenvalue weighted by molar-refractivity contribution is 0.379. The van der Waals surface area contributed by atoms with Crippen molar-refractivity contribution in [3.63, 3.8) is 0 Å². The number of benzene rings is 1. The Balaban J connectivity index is 3.18. The van der Waals surface area contributed by atoms with Crippen LogP contribution in [0, 0.1) is 0 Å². The molecule has 1 unspecified atom stereocenters. The Bertz CT molecular complexity index is 280. The van der Waals surface area contributed by atoms with Gasteiger partial charge in [0.05, 0.1) is 19.8 Å². The Labute approximate surface area is 83.8 Å². The van der Waals surface area contributed by atoms with Crippen LogP contribution in [0.3, 0.4) is 0 Å². The fourth-order valence-electron chi connectivity index (χ4n) is 1.36. The molecule has 14 heavy (non-hydrogen) atoms. The maximum atomic E-state index is 5.86. The van der Waals surface area contributed by atoms with Crippen molar-refractivity contribution in [3.8, 4) is 11.5 Å². The highest BCUT2D eigenvalue weighted by atomic mass is 16.5. The largest absolute Gasteiger partial charge is 0.496 e. The van der Waals surface area contributed by atoms with Gasteiger partial charge in [-0.25, -0.2) is 0 Å². The summed E-state index contributed by atoms with van der Waals surface area (Å²) in [5.74, 6) is 1.42. The maximum Gasteiger partial charge on any atom is 0.127 e. The normalized spacial score (nSPS) is 12.3. The van der Waals surface area contributed by atoms with E-state index in [9.17, 15) is 0 Å². The highest BCUT2D eigenvalue weighted by Crippen LogP contribution is 2.32. The van der Waals surface area contributed by atoms with E-state index in [0.29, 0.717) is 18.0 Å². The molecule has 0 saturated carbocycles. The molecule has 4 N–H and O–H groups in total. The van der Waals surface area contributed by atoms with Gasteiger partial charge in [0.25, 0.3) is 0 Å². The van der Waals surface area contributed by atoms with E-state index in [0.717, 1.165) is 5.56 Å². The molecular formula is C10H16N2O2. The van der Waals surface area contributed by atoms with Crippen molar-refractivity contribution >= 4 is 0 Å². The minimum absolute atomic E-state index is 0.263. The van der Waals surface area contributed by atoms with Crippen LogP contribution >= 0.6 is 0 Å². The minimum Gasteiger partial charge on any atom is -0.496 e. The fraction of sp³-hybridized carbons (Fsp3) is 0.400. The van der Waals surface area contributed by atoms with Crippen molar-refractivity contribution in [1.82, 2.24) is 0 Å².